The normalized spacial score (nSPS) is 19.4. The van der Waals surface area contributed by atoms with E-state index in [-0.39, 0.29) is 0 Å². The first-order valence-corrected chi connectivity index (χ1v) is 19.1. The van der Waals surface area contributed by atoms with Gasteiger partial charge in [0.2, 0.25) is 0 Å². The Balaban J connectivity index is 0.949. The molecule has 2 aromatic heterocycles. The van der Waals surface area contributed by atoms with Gasteiger partial charge in [0.15, 0.2) is 0 Å². The van der Waals surface area contributed by atoms with Crippen LogP contribution in [0.3, 0.4) is 0 Å². The van der Waals surface area contributed by atoms with Gasteiger partial charge in [-0.15, -0.1) is 0 Å². The standard InChI is InChI=1S/C44H51N5O4/c1-30(2)37-7-5-6-8-38(37)40-29-47(28-31-9-12-35(51-3)13-10-31)21-22-49(40)34-25-44(26-34)16-19-48(20-17-44)33-11-14-39(43(50)52-4)41(24-33)53-36-23-32-15-18-45-42(32)46-27-36/h5-15,18,23-24,27,30,34,40H,16-17,19-22,25-26,28-29H2,1-4H3,(H,45,46). The molecule has 1 unspecified atom stereocenters. The molecule has 3 aliphatic rings. The van der Waals surface area contributed by atoms with Crippen molar-refractivity contribution in [3.05, 3.63) is 114 Å². The molecule has 53 heavy (non-hydrogen) atoms. The highest BCUT2D eigenvalue weighted by Crippen LogP contribution is 2.53. The predicted octanol–water partition coefficient (Wildman–Crippen LogP) is 8.58. The molecule has 8 rings (SSSR count). The third kappa shape index (κ3) is 7.25. The number of rotatable bonds is 10. The number of aromatic amines is 1. The van der Waals surface area contributed by atoms with E-state index in [9.17, 15) is 4.79 Å². The van der Waals surface area contributed by atoms with Gasteiger partial charge in [-0.3, -0.25) is 9.80 Å². The number of hydrogen-bond donors (Lipinski definition) is 1. The molecule has 2 saturated heterocycles. The van der Waals surface area contributed by atoms with Crippen LogP contribution in [-0.2, 0) is 11.3 Å². The van der Waals surface area contributed by atoms with Crippen LogP contribution in [0.1, 0.15) is 78.5 Å². The van der Waals surface area contributed by atoms with E-state index in [1.54, 1.807) is 13.3 Å². The monoisotopic (exact) mass is 713 g/mol. The summed E-state index contributed by atoms with van der Waals surface area (Å²) in [5, 5.41) is 0.948. The molecule has 1 aliphatic carbocycles. The summed E-state index contributed by atoms with van der Waals surface area (Å²) in [7, 11) is 3.12. The van der Waals surface area contributed by atoms with E-state index in [1.165, 1.54) is 36.6 Å². The quantitative estimate of drug-likeness (QED) is 0.144. The van der Waals surface area contributed by atoms with Gasteiger partial charge in [0.25, 0.3) is 0 Å². The fraction of sp³-hybridized carbons (Fsp3) is 0.409. The van der Waals surface area contributed by atoms with Gasteiger partial charge in [0.1, 0.15) is 28.5 Å². The minimum atomic E-state index is -0.420. The minimum Gasteiger partial charge on any atom is -0.497 e. The van der Waals surface area contributed by atoms with Gasteiger partial charge in [0.05, 0.1) is 20.4 Å². The maximum atomic E-state index is 12.7. The lowest BCUT2D eigenvalue weighted by Gasteiger charge is -2.58. The number of piperidine rings is 1. The molecule has 2 aliphatic heterocycles. The number of nitrogens with zero attached hydrogens (tertiary/aromatic N) is 4. The predicted molar refractivity (Wildman–Crippen MR) is 209 cm³/mol. The number of benzene rings is 3. The Morgan fingerprint density at radius 3 is 2.47 bits per heavy atom. The lowest BCUT2D eigenvalue weighted by molar-refractivity contribution is -0.0628. The summed E-state index contributed by atoms with van der Waals surface area (Å²) >= 11 is 0. The summed E-state index contributed by atoms with van der Waals surface area (Å²) in [4.78, 5) is 28.2. The molecule has 1 atom stereocenters. The number of carbonyl (C=O) groups is 1. The lowest BCUT2D eigenvalue weighted by Crippen LogP contribution is -2.60. The molecule has 3 fully saturated rings. The van der Waals surface area contributed by atoms with Gasteiger partial charge >= 0.3 is 5.97 Å². The number of aromatic nitrogens is 2. The lowest BCUT2D eigenvalue weighted by atomic mass is 9.59. The fourth-order valence-electron chi connectivity index (χ4n) is 9.04. The largest absolute Gasteiger partial charge is 0.497 e. The second kappa shape index (κ2) is 14.9. The van der Waals surface area contributed by atoms with E-state index >= 15 is 0 Å². The number of ether oxygens (including phenoxy) is 3. The van der Waals surface area contributed by atoms with Crippen molar-refractivity contribution in [3.63, 3.8) is 0 Å². The minimum absolute atomic E-state index is 0.378. The molecule has 0 radical (unpaired) electrons. The average molecular weight is 714 g/mol. The summed E-state index contributed by atoms with van der Waals surface area (Å²) in [5.41, 5.74) is 6.94. The molecule has 276 valence electrons. The molecule has 9 nitrogen and oxygen atoms in total. The molecule has 5 aromatic rings. The van der Waals surface area contributed by atoms with E-state index in [0.29, 0.717) is 40.5 Å². The fourth-order valence-corrected chi connectivity index (χ4v) is 9.04. The highest BCUT2D eigenvalue weighted by Gasteiger charge is 2.50. The summed E-state index contributed by atoms with van der Waals surface area (Å²) in [6.07, 6.45) is 8.37. The van der Waals surface area contributed by atoms with Crippen molar-refractivity contribution in [3.8, 4) is 17.2 Å². The van der Waals surface area contributed by atoms with Crippen molar-refractivity contribution < 1.29 is 19.0 Å². The van der Waals surface area contributed by atoms with Crippen molar-refractivity contribution in [2.75, 3.05) is 51.8 Å². The van der Waals surface area contributed by atoms with Crippen molar-refractivity contribution in [1.29, 1.82) is 0 Å². The van der Waals surface area contributed by atoms with Crippen LogP contribution >= 0.6 is 0 Å². The number of carbonyl (C=O) groups excluding carboxylic acids is 1. The number of pyridine rings is 1. The molecule has 1 saturated carbocycles. The first-order valence-electron chi connectivity index (χ1n) is 19.1. The number of H-pyrrole nitrogens is 1. The van der Waals surface area contributed by atoms with E-state index in [0.717, 1.165) is 74.6 Å². The Hall–Kier alpha value is -4.86. The van der Waals surface area contributed by atoms with Gasteiger partial charge in [-0.25, -0.2) is 9.78 Å². The second-order valence-electron chi connectivity index (χ2n) is 15.5. The van der Waals surface area contributed by atoms with Gasteiger partial charge < -0.3 is 24.1 Å². The van der Waals surface area contributed by atoms with Gasteiger partial charge in [0, 0.05) is 74.7 Å². The number of hydrogen-bond acceptors (Lipinski definition) is 8. The third-order valence-corrected chi connectivity index (χ3v) is 12.0. The highest BCUT2D eigenvalue weighted by molar-refractivity contribution is 5.93. The Morgan fingerprint density at radius 1 is 0.925 bits per heavy atom. The first kappa shape index (κ1) is 35.2. The first-order chi connectivity index (χ1) is 25.8. The van der Waals surface area contributed by atoms with Crippen LogP contribution in [-0.4, -0.2) is 78.7 Å². The summed E-state index contributed by atoms with van der Waals surface area (Å²) in [6.45, 7) is 10.8. The third-order valence-electron chi connectivity index (χ3n) is 12.0. The Bertz CT molecular complexity index is 2040. The second-order valence-corrected chi connectivity index (χ2v) is 15.5. The summed E-state index contributed by atoms with van der Waals surface area (Å²) in [6, 6.07) is 28.4. The molecular weight excluding hydrogens is 663 g/mol. The molecular formula is C44H51N5O4. The zero-order valence-electron chi connectivity index (χ0n) is 31.4. The van der Waals surface area contributed by atoms with Crippen LogP contribution in [0.5, 0.6) is 17.2 Å². The number of esters is 1. The van der Waals surface area contributed by atoms with Crippen LogP contribution in [0.2, 0.25) is 0 Å². The van der Waals surface area contributed by atoms with E-state index in [2.05, 4.69) is 87.0 Å². The van der Waals surface area contributed by atoms with Gasteiger partial charge in [-0.2, -0.15) is 0 Å². The zero-order chi connectivity index (χ0) is 36.5. The maximum absolute atomic E-state index is 12.7. The van der Waals surface area contributed by atoms with E-state index < -0.39 is 5.97 Å². The van der Waals surface area contributed by atoms with Gasteiger partial charge in [-0.05, 0) is 90.1 Å². The SMILES string of the molecule is COC(=O)c1ccc(N2CCC3(CC2)CC(N2CCN(Cc4ccc(OC)cc4)CC2c2ccccc2C(C)C)C3)cc1Oc1cnc2[nH]ccc2c1. The van der Waals surface area contributed by atoms with Crippen LogP contribution in [0.25, 0.3) is 11.0 Å². The van der Waals surface area contributed by atoms with Crippen molar-refractivity contribution in [1.82, 2.24) is 19.8 Å². The molecule has 9 heteroatoms. The van der Waals surface area contributed by atoms with Crippen LogP contribution in [0, 0.1) is 5.41 Å². The van der Waals surface area contributed by atoms with Crippen LogP contribution < -0.4 is 14.4 Å². The Kier molecular flexibility index (Phi) is 9.87. The number of anilines is 1. The molecule has 3 aromatic carbocycles. The number of methoxy groups -OCH3 is 2. The molecule has 1 spiro atoms. The van der Waals surface area contributed by atoms with Crippen molar-refractivity contribution >= 4 is 22.7 Å². The molecule has 0 bridgehead atoms. The average Bonchev–Trinajstić information content (AvgIpc) is 3.65. The van der Waals surface area contributed by atoms with E-state index in [1.807, 2.05) is 36.5 Å². The van der Waals surface area contributed by atoms with Crippen LogP contribution in [0.4, 0.5) is 5.69 Å². The molecule has 1 N–H and O–H groups in total. The van der Waals surface area contributed by atoms with E-state index in [4.69, 9.17) is 14.2 Å². The van der Waals surface area contributed by atoms with Crippen molar-refractivity contribution in [2.45, 2.75) is 64.1 Å². The van der Waals surface area contributed by atoms with Gasteiger partial charge in [-0.1, -0.05) is 50.2 Å². The molecule has 4 heterocycles. The van der Waals surface area contributed by atoms with Crippen molar-refractivity contribution in [2.24, 2.45) is 5.41 Å². The summed E-state index contributed by atoms with van der Waals surface area (Å²) in [5.74, 6) is 2.02. The Morgan fingerprint density at radius 2 is 1.72 bits per heavy atom. The smallest absolute Gasteiger partial charge is 0.341 e. The topological polar surface area (TPSA) is 83.2 Å². The highest BCUT2D eigenvalue weighted by atomic mass is 16.5. The number of nitrogens with one attached hydrogen (secondary N) is 1. The number of fused-ring (bicyclic) bond motifs is 1. The summed E-state index contributed by atoms with van der Waals surface area (Å²) < 4.78 is 16.8. The maximum Gasteiger partial charge on any atom is 0.341 e. The Labute approximate surface area is 312 Å². The number of piperazine rings is 1. The molecule has 0 amide bonds. The zero-order valence-corrected chi connectivity index (χ0v) is 31.4. The van der Waals surface area contributed by atoms with Crippen LogP contribution in [0.15, 0.2) is 91.3 Å².